The van der Waals surface area contributed by atoms with E-state index in [4.69, 9.17) is 17.3 Å². The van der Waals surface area contributed by atoms with E-state index in [2.05, 4.69) is 16.7 Å². The maximum Gasteiger partial charge on any atom is 0.312 e. The zero-order valence-corrected chi connectivity index (χ0v) is 10.9. The molecule has 0 aliphatic heterocycles. The average molecular weight is 268 g/mol. The first kappa shape index (κ1) is 13.2. The molecule has 1 aromatic carbocycles. The van der Waals surface area contributed by atoms with Gasteiger partial charge in [0.15, 0.2) is 0 Å². The number of hydrogen-bond donors (Lipinski definition) is 3. The normalized spacial score (nSPS) is 22.3. The Morgan fingerprint density at radius 2 is 2.17 bits per heavy atom. The number of halogens is 1. The number of nitrogens with one attached hydrogen (secondary N) is 2. The molecular weight excluding hydrogens is 250 g/mol. The predicted molar refractivity (Wildman–Crippen MR) is 72.8 cm³/mol. The van der Waals surface area contributed by atoms with Crippen LogP contribution in [0.2, 0.25) is 5.02 Å². The van der Waals surface area contributed by atoms with Crippen LogP contribution in [0, 0.1) is 0 Å². The minimum atomic E-state index is -0.470. The van der Waals surface area contributed by atoms with Crippen LogP contribution in [0.5, 0.6) is 0 Å². The zero-order chi connectivity index (χ0) is 13.0. The molecular formula is C13H18ClN3O. The Balaban J connectivity index is 1.66. The van der Waals surface area contributed by atoms with E-state index in [1.807, 2.05) is 18.2 Å². The summed E-state index contributed by atoms with van der Waals surface area (Å²) in [5, 5.41) is 6.74. The van der Waals surface area contributed by atoms with Crippen LogP contribution in [0.4, 0.5) is 4.79 Å². The molecule has 2 amide bonds. The molecule has 0 saturated heterocycles. The van der Waals surface area contributed by atoms with Crippen molar-refractivity contribution in [3.63, 3.8) is 0 Å². The van der Waals surface area contributed by atoms with Crippen LogP contribution < -0.4 is 16.4 Å². The molecule has 0 bridgehead atoms. The SMILES string of the molecule is NC(=O)NCCNC1CC(c2cccc(Cl)c2)C1. The third-order valence-corrected chi connectivity index (χ3v) is 3.55. The number of primary amides is 1. The summed E-state index contributed by atoms with van der Waals surface area (Å²) in [6.07, 6.45) is 2.24. The molecule has 0 aromatic heterocycles. The first-order chi connectivity index (χ1) is 8.65. The molecule has 1 aliphatic carbocycles. The van der Waals surface area contributed by atoms with E-state index in [1.165, 1.54) is 5.56 Å². The maximum atomic E-state index is 10.5. The third-order valence-electron chi connectivity index (χ3n) is 3.32. The lowest BCUT2D eigenvalue weighted by Crippen LogP contribution is -2.44. The molecule has 2 rings (SSSR count). The standard InChI is InChI=1S/C13H18ClN3O/c14-11-3-1-2-9(6-11)10-7-12(8-10)16-4-5-17-13(15)18/h1-3,6,10,12,16H,4-5,7-8H2,(H3,15,17,18). The largest absolute Gasteiger partial charge is 0.352 e. The molecule has 1 fully saturated rings. The summed E-state index contributed by atoms with van der Waals surface area (Å²) in [5.74, 6) is 0.602. The average Bonchev–Trinajstić information content (AvgIpc) is 2.25. The molecule has 5 heteroatoms. The summed E-state index contributed by atoms with van der Waals surface area (Å²) < 4.78 is 0. The van der Waals surface area contributed by atoms with Crippen molar-refractivity contribution in [2.45, 2.75) is 24.8 Å². The molecule has 98 valence electrons. The number of hydrogen-bond acceptors (Lipinski definition) is 2. The van der Waals surface area contributed by atoms with Crippen LogP contribution in [0.1, 0.15) is 24.3 Å². The summed E-state index contributed by atoms with van der Waals surface area (Å²) in [7, 11) is 0. The minimum absolute atomic E-state index is 0.470. The maximum absolute atomic E-state index is 10.5. The van der Waals surface area contributed by atoms with Crippen LogP contribution in [-0.4, -0.2) is 25.2 Å². The van der Waals surface area contributed by atoms with E-state index >= 15 is 0 Å². The summed E-state index contributed by atoms with van der Waals surface area (Å²) in [4.78, 5) is 10.5. The Labute approximate surface area is 112 Å². The van der Waals surface area contributed by atoms with Gasteiger partial charge in [-0.15, -0.1) is 0 Å². The number of carbonyl (C=O) groups is 1. The molecule has 0 spiro atoms. The fraction of sp³-hybridized carbons (Fsp3) is 0.462. The Morgan fingerprint density at radius 1 is 1.39 bits per heavy atom. The lowest BCUT2D eigenvalue weighted by Gasteiger charge is -2.36. The van der Waals surface area contributed by atoms with Crippen molar-refractivity contribution in [1.82, 2.24) is 10.6 Å². The van der Waals surface area contributed by atoms with Gasteiger partial charge in [0.05, 0.1) is 0 Å². The fourth-order valence-corrected chi connectivity index (χ4v) is 2.48. The van der Waals surface area contributed by atoms with Gasteiger partial charge in [-0.25, -0.2) is 4.79 Å². The van der Waals surface area contributed by atoms with Crippen molar-refractivity contribution in [2.75, 3.05) is 13.1 Å². The number of amides is 2. The van der Waals surface area contributed by atoms with Gasteiger partial charge in [-0.2, -0.15) is 0 Å². The number of rotatable bonds is 5. The van der Waals surface area contributed by atoms with Crippen LogP contribution >= 0.6 is 11.6 Å². The predicted octanol–water partition coefficient (Wildman–Crippen LogP) is 1.84. The van der Waals surface area contributed by atoms with Crippen molar-refractivity contribution >= 4 is 17.6 Å². The van der Waals surface area contributed by atoms with Gasteiger partial charge in [0, 0.05) is 24.2 Å². The quantitative estimate of drug-likeness (QED) is 0.713. The molecule has 4 nitrogen and oxygen atoms in total. The Morgan fingerprint density at radius 3 is 2.83 bits per heavy atom. The van der Waals surface area contributed by atoms with Crippen molar-refractivity contribution in [3.8, 4) is 0 Å². The van der Waals surface area contributed by atoms with Gasteiger partial charge < -0.3 is 16.4 Å². The lowest BCUT2D eigenvalue weighted by atomic mass is 9.76. The van der Waals surface area contributed by atoms with Gasteiger partial charge in [-0.3, -0.25) is 0 Å². The van der Waals surface area contributed by atoms with Crippen LogP contribution in [-0.2, 0) is 0 Å². The van der Waals surface area contributed by atoms with E-state index in [1.54, 1.807) is 0 Å². The van der Waals surface area contributed by atoms with Crippen molar-refractivity contribution in [3.05, 3.63) is 34.9 Å². The van der Waals surface area contributed by atoms with E-state index in [0.29, 0.717) is 18.5 Å². The fourth-order valence-electron chi connectivity index (χ4n) is 2.28. The van der Waals surface area contributed by atoms with Gasteiger partial charge in [0.1, 0.15) is 0 Å². The van der Waals surface area contributed by atoms with Crippen molar-refractivity contribution in [1.29, 1.82) is 0 Å². The second-order valence-corrected chi connectivity index (χ2v) is 5.10. The highest BCUT2D eigenvalue weighted by Crippen LogP contribution is 2.37. The molecule has 1 saturated carbocycles. The van der Waals surface area contributed by atoms with Crippen LogP contribution in [0.15, 0.2) is 24.3 Å². The van der Waals surface area contributed by atoms with Crippen molar-refractivity contribution < 1.29 is 4.79 Å². The van der Waals surface area contributed by atoms with E-state index in [0.717, 1.165) is 24.4 Å². The highest BCUT2D eigenvalue weighted by molar-refractivity contribution is 6.30. The molecule has 1 aliphatic rings. The minimum Gasteiger partial charge on any atom is -0.352 e. The van der Waals surface area contributed by atoms with Crippen LogP contribution in [0.3, 0.4) is 0 Å². The molecule has 0 unspecified atom stereocenters. The number of benzene rings is 1. The van der Waals surface area contributed by atoms with E-state index in [-0.39, 0.29) is 0 Å². The highest BCUT2D eigenvalue weighted by atomic mass is 35.5. The third kappa shape index (κ3) is 3.62. The van der Waals surface area contributed by atoms with Gasteiger partial charge in [0.25, 0.3) is 0 Å². The van der Waals surface area contributed by atoms with Crippen molar-refractivity contribution in [2.24, 2.45) is 5.73 Å². The Bertz CT molecular complexity index is 418. The van der Waals surface area contributed by atoms with E-state index in [9.17, 15) is 4.79 Å². The van der Waals surface area contributed by atoms with Gasteiger partial charge in [0.2, 0.25) is 0 Å². The van der Waals surface area contributed by atoms with E-state index < -0.39 is 6.03 Å². The Kier molecular flexibility index (Phi) is 4.44. The summed E-state index contributed by atoms with van der Waals surface area (Å²) in [6, 6.07) is 8.12. The first-order valence-corrected chi connectivity index (χ1v) is 6.55. The lowest BCUT2D eigenvalue weighted by molar-refractivity contribution is 0.247. The van der Waals surface area contributed by atoms with Gasteiger partial charge in [-0.05, 0) is 36.5 Å². The Hall–Kier alpha value is -1.26. The molecule has 0 atom stereocenters. The molecule has 18 heavy (non-hydrogen) atoms. The van der Waals surface area contributed by atoms with Gasteiger partial charge >= 0.3 is 6.03 Å². The number of urea groups is 1. The summed E-state index contributed by atoms with van der Waals surface area (Å²) >= 11 is 5.97. The molecule has 1 aromatic rings. The number of carbonyl (C=O) groups excluding carboxylic acids is 1. The summed E-state index contributed by atoms with van der Waals surface area (Å²) in [6.45, 7) is 1.34. The summed E-state index contributed by atoms with van der Waals surface area (Å²) in [5.41, 5.74) is 6.29. The second-order valence-electron chi connectivity index (χ2n) is 4.67. The first-order valence-electron chi connectivity index (χ1n) is 6.17. The van der Waals surface area contributed by atoms with Gasteiger partial charge in [-0.1, -0.05) is 23.7 Å². The number of nitrogens with two attached hydrogens (primary N) is 1. The smallest absolute Gasteiger partial charge is 0.312 e. The monoisotopic (exact) mass is 267 g/mol. The molecule has 0 radical (unpaired) electrons. The zero-order valence-electron chi connectivity index (χ0n) is 10.2. The highest BCUT2D eigenvalue weighted by Gasteiger charge is 2.29. The molecule has 4 N–H and O–H groups in total. The topological polar surface area (TPSA) is 67.2 Å². The van der Waals surface area contributed by atoms with Crippen LogP contribution in [0.25, 0.3) is 0 Å². The second kappa shape index (κ2) is 6.07. The molecule has 0 heterocycles.